The second-order valence-corrected chi connectivity index (χ2v) is 19.9. The highest BCUT2D eigenvalue weighted by atomic mass is 35.5. The Balaban J connectivity index is 0.000000251. The molecule has 0 amide bonds. The molecule has 0 bridgehead atoms. The number of piperazine rings is 2. The van der Waals surface area contributed by atoms with Crippen LogP contribution < -0.4 is 13.9 Å². The molecular weight excluding hydrogens is 902 g/mol. The first-order chi connectivity index (χ1) is 31.1. The zero-order valence-electron chi connectivity index (χ0n) is 37.5. The largest absolute Gasteiger partial charge is 0.465 e. The Morgan fingerprint density at radius 2 is 1.05 bits per heavy atom. The highest BCUT2D eigenvalue weighted by Gasteiger charge is 2.26. The Morgan fingerprint density at radius 3 is 1.42 bits per heavy atom. The van der Waals surface area contributed by atoms with E-state index in [1.54, 1.807) is 60.7 Å². The number of hydrogen-bond acceptors (Lipinski definition) is 12. The molecule has 0 aliphatic carbocycles. The van der Waals surface area contributed by atoms with Crippen LogP contribution >= 0.6 is 11.6 Å². The predicted octanol–water partition coefficient (Wildman–Crippen LogP) is 5.69. The third kappa shape index (κ3) is 16.9. The van der Waals surface area contributed by atoms with Crippen molar-refractivity contribution >= 4 is 55.0 Å². The molecule has 6 rings (SSSR count). The minimum atomic E-state index is -3.70. The van der Waals surface area contributed by atoms with Gasteiger partial charge in [0.25, 0.3) is 0 Å². The van der Waals surface area contributed by atoms with E-state index in [4.69, 9.17) is 11.6 Å². The fraction of sp³-hybridized carbons (Fsp3) is 0.435. The second-order valence-electron chi connectivity index (χ2n) is 15.5. The molecule has 14 nitrogen and oxygen atoms in total. The molecule has 2 aliphatic heterocycles. The van der Waals surface area contributed by atoms with E-state index in [0.29, 0.717) is 24.3 Å². The number of esters is 2. The number of ether oxygens (including phenoxy) is 2. The summed E-state index contributed by atoms with van der Waals surface area (Å²) in [5.74, 6) is -2.60. The highest BCUT2D eigenvalue weighted by molar-refractivity contribution is 7.93. The monoisotopic (exact) mass is 962 g/mol. The lowest BCUT2D eigenvalue weighted by Crippen LogP contribution is -2.45. The fourth-order valence-electron chi connectivity index (χ4n) is 6.82. The van der Waals surface area contributed by atoms with Crippen molar-refractivity contribution in [2.24, 2.45) is 0 Å². The summed E-state index contributed by atoms with van der Waals surface area (Å²) in [4.78, 5) is 30.0. The molecule has 1 N–H and O–H groups in total. The van der Waals surface area contributed by atoms with Gasteiger partial charge in [0.05, 0.1) is 61.3 Å². The number of likely N-dealkylation sites (N-methyl/N-ethyl adjacent to an activating group) is 2. The number of hydrogen-bond donors (Lipinski definition) is 1. The van der Waals surface area contributed by atoms with Crippen molar-refractivity contribution in [3.8, 4) is 0 Å². The molecule has 2 heterocycles. The average Bonchev–Trinajstić information content (AvgIpc) is 3.31. The number of nitrogens with one attached hydrogen (secondary N) is 1. The van der Waals surface area contributed by atoms with Gasteiger partial charge < -0.3 is 29.5 Å². The lowest BCUT2D eigenvalue weighted by molar-refractivity contribution is 0.0591. The lowest BCUT2D eigenvalue weighted by Gasteiger charge is -2.32. The molecule has 4 aromatic carbocycles. The van der Waals surface area contributed by atoms with E-state index in [-0.39, 0.29) is 59.1 Å². The first kappa shape index (κ1) is 52.9. The summed E-state index contributed by atoms with van der Waals surface area (Å²) in [6.45, 7) is 8.90. The summed E-state index contributed by atoms with van der Waals surface area (Å²) in [5.41, 5.74) is 1.38. The van der Waals surface area contributed by atoms with Crippen molar-refractivity contribution in [2.75, 3.05) is 113 Å². The molecule has 0 aromatic heterocycles. The van der Waals surface area contributed by atoms with Gasteiger partial charge in [0.2, 0.25) is 20.0 Å². The second kappa shape index (κ2) is 26.5. The van der Waals surface area contributed by atoms with E-state index in [1.165, 1.54) is 55.9 Å². The molecule has 19 heteroatoms. The number of sulfonamides is 2. The van der Waals surface area contributed by atoms with Gasteiger partial charge in [-0.1, -0.05) is 48.5 Å². The zero-order chi connectivity index (χ0) is 47.4. The van der Waals surface area contributed by atoms with Gasteiger partial charge in [-0.3, -0.25) is 8.61 Å². The van der Waals surface area contributed by atoms with Crippen molar-refractivity contribution in [3.05, 3.63) is 131 Å². The Hall–Kier alpha value is -4.69. The number of rotatable bonds is 17. The van der Waals surface area contributed by atoms with E-state index in [9.17, 15) is 35.2 Å². The van der Waals surface area contributed by atoms with Crippen LogP contribution in [0.3, 0.4) is 0 Å². The molecule has 4 aromatic rings. The van der Waals surface area contributed by atoms with E-state index in [0.717, 1.165) is 55.7 Å². The summed E-state index contributed by atoms with van der Waals surface area (Å²) in [5, 5.41) is 3.27. The Morgan fingerprint density at radius 1 is 0.631 bits per heavy atom. The van der Waals surface area contributed by atoms with Crippen molar-refractivity contribution in [1.29, 1.82) is 0 Å². The maximum absolute atomic E-state index is 14.7. The van der Waals surface area contributed by atoms with Crippen LogP contribution in [-0.2, 0) is 42.6 Å². The zero-order valence-corrected chi connectivity index (χ0v) is 39.9. The molecule has 0 unspecified atom stereocenters. The van der Waals surface area contributed by atoms with Crippen molar-refractivity contribution in [1.82, 2.24) is 20.0 Å². The van der Waals surface area contributed by atoms with Crippen LogP contribution in [0, 0.1) is 11.6 Å². The molecule has 2 saturated heterocycles. The van der Waals surface area contributed by atoms with Crippen LogP contribution in [-0.4, -0.2) is 148 Å². The van der Waals surface area contributed by atoms with Crippen LogP contribution in [0.5, 0.6) is 0 Å². The smallest absolute Gasteiger partial charge is 0.337 e. The normalized spacial score (nSPS) is 14.8. The van der Waals surface area contributed by atoms with E-state index in [2.05, 4.69) is 43.6 Å². The fourth-order valence-corrected chi connectivity index (χ4v) is 10.1. The number of methoxy groups -OCH3 is 2. The van der Waals surface area contributed by atoms with Gasteiger partial charge in [0, 0.05) is 69.4 Å². The topological polar surface area (TPSA) is 149 Å². The van der Waals surface area contributed by atoms with Gasteiger partial charge >= 0.3 is 11.9 Å². The minimum absolute atomic E-state index is 0.0316. The Bertz CT molecular complexity index is 2320. The summed E-state index contributed by atoms with van der Waals surface area (Å²) in [7, 11) is -0.729. The van der Waals surface area contributed by atoms with Crippen LogP contribution in [0.2, 0.25) is 0 Å². The maximum Gasteiger partial charge on any atom is 0.337 e. The van der Waals surface area contributed by atoms with Gasteiger partial charge in [-0.05, 0) is 82.0 Å². The first-order valence-electron chi connectivity index (χ1n) is 21.3. The number of nitrogens with zero attached hydrogens (tertiary/aromatic N) is 5. The molecule has 0 saturated carbocycles. The molecule has 356 valence electrons. The number of alkyl halides is 1. The van der Waals surface area contributed by atoms with Crippen molar-refractivity contribution in [2.45, 2.75) is 25.9 Å². The first-order valence-corrected chi connectivity index (χ1v) is 25.0. The van der Waals surface area contributed by atoms with Gasteiger partial charge in [-0.25, -0.2) is 35.2 Å². The predicted molar refractivity (Wildman–Crippen MR) is 253 cm³/mol. The van der Waals surface area contributed by atoms with E-state index in [1.807, 2.05) is 0 Å². The molecular formula is C46H61ClF2N6O8S2. The third-order valence-corrected chi connectivity index (χ3v) is 14.6. The maximum atomic E-state index is 14.7. The van der Waals surface area contributed by atoms with Gasteiger partial charge in [0.15, 0.2) is 0 Å². The lowest BCUT2D eigenvalue weighted by atomic mass is 10.1. The summed E-state index contributed by atoms with van der Waals surface area (Å²) < 4.78 is 92.6. The number of halogens is 3. The number of carbonyl (C=O) groups is 2. The summed E-state index contributed by atoms with van der Waals surface area (Å²) in [6, 6.07) is 24.9. The average molecular weight is 964 g/mol. The number of para-hydroxylation sites is 2. The van der Waals surface area contributed by atoms with Crippen molar-refractivity contribution < 1.29 is 44.7 Å². The Kier molecular flexibility index (Phi) is 21.5. The quantitative estimate of drug-likeness (QED) is 0.103. The minimum Gasteiger partial charge on any atom is -0.465 e. The number of benzene rings is 4. The number of carbonyl (C=O) groups excluding carboxylic acids is 2. The summed E-state index contributed by atoms with van der Waals surface area (Å²) in [6.07, 6.45) is 0.788. The number of anilines is 2. The van der Waals surface area contributed by atoms with Gasteiger partial charge in [0.1, 0.15) is 11.6 Å². The van der Waals surface area contributed by atoms with E-state index < -0.39 is 43.6 Å². The van der Waals surface area contributed by atoms with Crippen LogP contribution in [0.4, 0.5) is 20.2 Å². The third-order valence-electron chi connectivity index (χ3n) is 10.7. The molecule has 65 heavy (non-hydrogen) atoms. The Labute approximate surface area is 388 Å². The molecule has 2 aliphatic rings. The standard InChI is InChI=1S/C23H30FN3O4S.C18H19ClFNO4S.C5H12N2/c1-25-12-14-26(15-13-25)11-6-16-32(29,30)27(21-7-4-3-5-8-21)18-20-10-9-19(17-22(20)24)23(28)31-2;1-25-18(22)14-8-9-15(17(20)12-14)13-21(16-6-3-2-4-7-16)26(23,24)11-5-10-19;1-7-4-2-6-3-5-7/h3-5,7-10,17H,6,11-16,18H2,1-2H3;2-4,6-9,12H,5,10-11,13H2,1H3;6H,2-5H2,1H3. The molecule has 0 radical (unpaired) electrons. The molecule has 0 spiro atoms. The molecule has 2 fully saturated rings. The van der Waals surface area contributed by atoms with Crippen molar-refractivity contribution in [3.63, 3.8) is 0 Å². The van der Waals surface area contributed by atoms with E-state index >= 15 is 0 Å². The highest BCUT2D eigenvalue weighted by Crippen LogP contribution is 2.25. The van der Waals surface area contributed by atoms with Gasteiger partial charge in [-0.15, -0.1) is 11.6 Å². The summed E-state index contributed by atoms with van der Waals surface area (Å²) >= 11 is 5.62. The van der Waals surface area contributed by atoms with Crippen LogP contribution in [0.15, 0.2) is 97.1 Å². The molecule has 0 atom stereocenters. The van der Waals surface area contributed by atoms with Crippen LogP contribution in [0.25, 0.3) is 0 Å². The van der Waals surface area contributed by atoms with Crippen LogP contribution in [0.1, 0.15) is 44.7 Å². The van der Waals surface area contributed by atoms with Gasteiger partial charge in [-0.2, -0.15) is 0 Å². The SMILES string of the molecule is CN1CCNCC1.COC(=O)c1ccc(CN(c2ccccc2)S(=O)(=O)CCCCl)c(F)c1.COC(=O)c1ccc(CN(c2ccccc2)S(=O)(=O)CCCN2CCN(C)CC2)c(F)c1.